The number of rotatable bonds is 8. The predicted molar refractivity (Wildman–Crippen MR) is 170 cm³/mol. The van der Waals surface area contributed by atoms with Gasteiger partial charge in [-0.05, 0) is 61.4 Å². The molecule has 0 spiro atoms. The highest BCUT2D eigenvalue weighted by Gasteiger charge is 2.36. The van der Waals surface area contributed by atoms with E-state index in [4.69, 9.17) is 0 Å². The minimum atomic E-state index is -4.05. The van der Waals surface area contributed by atoms with E-state index in [1.807, 2.05) is 0 Å². The molecule has 0 bridgehead atoms. The van der Waals surface area contributed by atoms with Gasteiger partial charge in [-0.1, -0.05) is 30.3 Å². The highest BCUT2D eigenvalue weighted by Crippen LogP contribution is 2.33. The van der Waals surface area contributed by atoms with E-state index in [-0.39, 0.29) is 27.8 Å². The Labute approximate surface area is 271 Å². The van der Waals surface area contributed by atoms with E-state index >= 15 is 0 Å². The summed E-state index contributed by atoms with van der Waals surface area (Å²) in [6.45, 7) is 2.23. The molecule has 2 fully saturated rings. The lowest BCUT2D eigenvalue weighted by Crippen LogP contribution is -2.29. The Morgan fingerprint density at radius 2 is 1.13 bits per heavy atom. The molecule has 16 nitrogen and oxygen atoms in total. The summed E-state index contributed by atoms with van der Waals surface area (Å²) >= 11 is 0. The fourth-order valence-electron chi connectivity index (χ4n) is 4.39. The molecule has 0 radical (unpaired) electrons. The molecule has 5 rings (SSSR count). The van der Waals surface area contributed by atoms with E-state index in [9.17, 15) is 53.5 Å². The maximum Gasteiger partial charge on any atom is 0.326 e. The second-order valence-corrected chi connectivity index (χ2v) is 18.4. The normalized spacial score (nSPS) is 17.2. The third-order valence-electron chi connectivity index (χ3n) is 6.80. The Kier molecular flexibility index (Phi) is 9.81. The first-order chi connectivity index (χ1) is 21.7. The third-order valence-corrected chi connectivity index (χ3v) is 13.5. The molecule has 2 saturated heterocycles. The Morgan fingerprint density at radius 1 is 0.702 bits per heavy atom. The number of phenolic OH excluding ortho intramolecular Hbond substituents is 2. The second kappa shape index (κ2) is 13.0. The number of nitrogens with one attached hydrogen (secondary N) is 2. The summed E-state index contributed by atoms with van der Waals surface area (Å²) in [5.74, 6) is -2.87. The van der Waals surface area contributed by atoms with E-state index < -0.39 is 81.7 Å². The van der Waals surface area contributed by atoms with Crippen LogP contribution < -0.4 is 18.1 Å². The molecule has 0 saturated carbocycles. The highest BCUT2D eigenvalue weighted by atomic mass is 32.2. The molecule has 0 aliphatic carbocycles. The molecular formula is C27H30N4O12S4. The molecule has 2 amide bonds. The van der Waals surface area contributed by atoms with Crippen molar-refractivity contribution >= 4 is 63.3 Å². The monoisotopic (exact) mass is 730 g/mol. The van der Waals surface area contributed by atoms with Gasteiger partial charge in [-0.15, -0.1) is 0 Å². The number of benzene rings is 3. The first kappa shape index (κ1) is 35.5. The van der Waals surface area contributed by atoms with Crippen LogP contribution in [0.15, 0.2) is 71.6 Å². The summed E-state index contributed by atoms with van der Waals surface area (Å²) in [5.41, 5.74) is 0.454. The van der Waals surface area contributed by atoms with Crippen molar-refractivity contribution in [3.05, 3.63) is 77.9 Å². The number of phenols is 2. The van der Waals surface area contributed by atoms with Crippen LogP contribution in [0.5, 0.6) is 11.5 Å². The smallest absolute Gasteiger partial charge is 0.326 e. The molecule has 2 heterocycles. The average molecular weight is 731 g/mol. The van der Waals surface area contributed by atoms with E-state index in [0.717, 1.165) is 8.61 Å². The molecule has 254 valence electrons. The van der Waals surface area contributed by atoms with Crippen LogP contribution in [-0.4, -0.2) is 74.0 Å². The maximum absolute atomic E-state index is 12.4. The van der Waals surface area contributed by atoms with Crippen molar-refractivity contribution in [2.45, 2.75) is 35.5 Å². The van der Waals surface area contributed by atoms with Gasteiger partial charge in [0.2, 0.25) is 0 Å². The van der Waals surface area contributed by atoms with Crippen LogP contribution in [0.1, 0.15) is 25.0 Å². The van der Waals surface area contributed by atoms with Gasteiger partial charge in [0.1, 0.15) is 24.6 Å². The number of carbonyl (C=O) groups is 2. The van der Waals surface area contributed by atoms with E-state index in [2.05, 4.69) is 0 Å². The zero-order valence-corrected chi connectivity index (χ0v) is 28.0. The molecule has 0 atom stereocenters. The number of nitrogens with zero attached hydrogens (tertiary/aromatic N) is 2. The van der Waals surface area contributed by atoms with E-state index in [1.54, 1.807) is 41.5 Å². The van der Waals surface area contributed by atoms with Crippen molar-refractivity contribution in [1.29, 1.82) is 0 Å². The van der Waals surface area contributed by atoms with Crippen molar-refractivity contribution in [2.75, 3.05) is 21.7 Å². The van der Waals surface area contributed by atoms with Crippen molar-refractivity contribution in [3.63, 3.8) is 0 Å². The topological polar surface area (TPSA) is 242 Å². The van der Waals surface area contributed by atoms with Crippen LogP contribution in [0.3, 0.4) is 0 Å². The Balaban J connectivity index is 0.000000215. The van der Waals surface area contributed by atoms with Crippen molar-refractivity contribution < 1.29 is 53.5 Å². The van der Waals surface area contributed by atoms with Gasteiger partial charge in [-0.25, -0.2) is 34.9 Å². The van der Waals surface area contributed by atoms with Gasteiger partial charge in [0, 0.05) is 0 Å². The number of aromatic hydroxyl groups is 2. The molecule has 20 heteroatoms. The minimum absolute atomic E-state index is 0.0796. The van der Waals surface area contributed by atoms with Crippen molar-refractivity contribution in [1.82, 2.24) is 9.44 Å². The Bertz CT molecular complexity index is 2160. The average Bonchev–Trinajstić information content (AvgIpc) is 3.39. The number of carbonyl (C=O) groups excluding carboxylic acids is 2. The number of hydrogen-bond acceptors (Lipinski definition) is 12. The van der Waals surface area contributed by atoms with E-state index in [1.165, 1.54) is 48.5 Å². The molecule has 0 aromatic heterocycles. The summed E-state index contributed by atoms with van der Waals surface area (Å²) in [5, 5.41) is 19.5. The van der Waals surface area contributed by atoms with Gasteiger partial charge in [0.25, 0.3) is 11.8 Å². The maximum atomic E-state index is 12.4. The molecule has 3 aromatic carbocycles. The zero-order valence-electron chi connectivity index (χ0n) is 24.8. The molecule has 4 N–H and O–H groups in total. The van der Waals surface area contributed by atoms with Crippen LogP contribution in [0, 0.1) is 0 Å². The van der Waals surface area contributed by atoms with Crippen LogP contribution >= 0.6 is 0 Å². The van der Waals surface area contributed by atoms with Gasteiger partial charge >= 0.3 is 20.4 Å². The van der Waals surface area contributed by atoms with Crippen LogP contribution in [0.2, 0.25) is 0 Å². The molecule has 0 unspecified atom stereocenters. The van der Waals surface area contributed by atoms with Gasteiger partial charge in [-0.2, -0.15) is 16.8 Å². The lowest BCUT2D eigenvalue weighted by Gasteiger charge is -2.17. The SMILES string of the molecule is CC(C)S(=O)(=O)Cc1ccc(N2CC(=O)NS2(=O)=O)c(O)c1.O=C1CN(c2ccc(CS(=O)(=O)c3ccccc3)cc2O)S(=O)(=O)N1. The molecule has 47 heavy (non-hydrogen) atoms. The summed E-state index contributed by atoms with van der Waals surface area (Å²) in [7, 11) is -15.0. The summed E-state index contributed by atoms with van der Waals surface area (Å²) < 4.78 is 101. The second-order valence-electron chi connectivity index (χ2n) is 10.6. The number of anilines is 2. The molecule has 2 aliphatic rings. The summed E-state index contributed by atoms with van der Waals surface area (Å²) in [6.07, 6.45) is 0. The number of amides is 2. The lowest BCUT2D eigenvalue weighted by molar-refractivity contribution is -0.118. The number of hydrogen-bond donors (Lipinski definition) is 4. The van der Waals surface area contributed by atoms with Gasteiger partial charge in [0.15, 0.2) is 19.7 Å². The van der Waals surface area contributed by atoms with Crippen LogP contribution in [-0.2, 0) is 61.2 Å². The van der Waals surface area contributed by atoms with Gasteiger partial charge < -0.3 is 10.2 Å². The summed E-state index contributed by atoms with van der Waals surface area (Å²) in [6, 6.07) is 15.6. The lowest BCUT2D eigenvalue weighted by atomic mass is 10.2. The largest absolute Gasteiger partial charge is 0.506 e. The highest BCUT2D eigenvalue weighted by molar-refractivity contribution is 7.92. The zero-order chi connectivity index (χ0) is 34.9. The Morgan fingerprint density at radius 3 is 1.49 bits per heavy atom. The quantitative estimate of drug-likeness (QED) is 0.247. The van der Waals surface area contributed by atoms with Crippen LogP contribution in [0.4, 0.5) is 11.4 Å². The van der Waals surface area contributed by atoms with Crippen molar-refractivity contribution in [2.24, 2.45) is 0 Å². The van der Waals surface area contributed by atoms with E-state index in [0.29, 0.717) is 11.1 Å². The first-order valence-corrected chi connectivity index (χ1v) is 19.8. The molecule has 3 aromatic rings. The predicted octanol–water partition coefficient (Wildman–Crippen LogP) is 0.444. The minimum Gasteiger partial charge on any atom is -0.506 e. The molecule has 2 aliphatic heterocycles. The fourth-order valence-corrected chi connectivity index (χ4v) is 9.05. The van der Waals surface area contributed by atoms with Gasteiger partial charge in [0.05, 0.1) is 33.0 Å². The van der Waals surface area contributed by atoms with Crippen LogP contribution in [0.25, 0.3) is 0 Å². The fraction of sp³-hybridized carbons (Fsp3) is 0.259. The molecular weight excluding hydrogens is 701 g/mol. The first-order valence-electron chi connectivity index (χ1n) is 13.5. The van der Waals surface area contributed by atoms with Gasteiger partial charge in [-0.3, -0.25) is 9.59 Å². The standard InChI is InChI=1S/C15H14N2O6S2.C12H16N2O6S2/c18-14-8-11(10-24(20,21)12-4-2-1-3-5-12)6-7-13(14)17-9-15(19)16-25(17,22)23;1-8(2)21(17,18)7-9-3-4-10(11(15)5-9)14-6-12(16)13-22(14,19)20/h1-8,18H,9-10H2,(H,16,19);3-5,8,15H,6-7H2,1-2H3,(H,13,16). The third kappa shape index (κ3) is 8.13. The Hall–Kier alpha value is -4.40. The number of sulfone groups is 2. The van der Waals surface area contributed by atoms with Crippen molar-refractivity contribution in [3.8, 4) is 11.5 Å². The summed E-state index contributed by atoms with van der Waals surface area (Å²) in [4.78, 5) is 22.6.